The first kappa shape index (κ1) is 11.0. The van der Waals surface area contributed by atoms with E-state index in [0.717, 1.165) is 16.2 Å². The van der Waals surface area contributed by atoms with Gasteiger partial charge in [-0.15, -0.1) is 11.8 Å². The summed E-state index contributed by atoms with van der Waals surface area (Å²) in [6.07, 6.45) is 5.67. The van der Waals surface area contributed by atoms with E-state index in [4.69, 9.17) is 5.84 Å². The van der Waals surface area contributed by atoms with Gasteiger partial charge in [-0.3, -0.25) is 4.68 Å². The Kier molecular flexibility index (Phi) is 3.43. The summed E-state index contributed by atoms with van der Waals surface area (Å²) in [5.74, 6) is 6.79. The first-order chi connectivity index (χ1) is 7.78. The van der Waals surface area contributed by atoms with Crippen molar-refractivity contribution < 1.29 is 0 Å². The molecular formula is C10H13N5S. The van der Waals surface area contributed by atoms with Crippen molar-refractivity contribution in [3.05, 3.63) is 36.3 Å². The Morgan fingerprint density at radius 1 is 1.44 bits per heavy atom. The normalized spacial score (nSPS) is 10.4. The van der Waals surface area contributed by atoms with Gasteiger partial charge in [-0.05, 0) is 11.6 Å². The number of hydrogen-bond acceptors (Lipinski definition) is 5. The van der Waals surface area contributed by atoms with E-state index in [1.54, 1.807) is 16.4 Å². The summed E-state index contributed by atoms with van der Waals surface area (Å²) in [7, 11) is 1.91. The number of rotatable bonds is 4. The SMILES string of the molecule is Cn1cc(SCc2ccc(NN)nc2)cn1. The number of nitrogens with one attached hydrogen (secondary N) is 1. The summed E-state index contributed by atoms with van der Waals surface area (Å²) in [5, 5.41) is 4.11. The summed E-state index contributed by atoms with van der Waals surface area (Å²) in [5.41, 5.74) is 3.66. The summed E-state index contributed by atoms with van der Waals surface area (Å²) >= 11 is 1.73. The first-order valence-electron chi connectivity index (χ1n) is 4.81. The highest BCUT2D eigenvalue weighted by molar-refractivity contribution is 7.98. The Labute approximate surface area is 98.0 Å². The van der Waals surface area contributed by atoms with Gasteiger partial charge in [0.25, 0.3) is 0 Å². The monoisotopic (exact) mass is 235 g/mol. The molecule has 0 saturated heterocycles. The molecule has 0 fully saturated rings. The summed E-state index contributed by atoms with van der Waals surface area (Å²) in [4.78, 5) is 5.30. The van der Waals surface area contributed by atoms with E-state index in [-0.39, 0.29) is 0 Å². The van der Waals surface area contributed by atoms with Gasteiger partial charge in [0, 0.05) is 30.1 Å². The fraction of sp³-hybridized carbons (Fsp3) is 0.200. The van der Waals surface area contributed by atoms with E-state index in [9.17, 15) is 0 Å². The lowest BCUT2D eigenvalue weighted by atomic mass is 10.3. The Morgan fingerprint density at radius 2 is 2.31 bits per heavy atom. The van der Waals surface area contributed by atoms with Crippen LogP contribution in [0.5, 0.6) is 0 Å². The van der Waals surface area contributed by atoms with Gasteiger partial charge in [-0.2, -0.15) is 5.10 Å². The van der Waals surface area contributed by atoms with E-state index >= 15 is 0 Å². The topological polar surface area (TPSA) is 68.8 Å². The fourth-order valence-electron chi connectivity index (χ4n) is 1.24. The predicted molar refractivity (Wildman–Crippen MR) is 64.8 cm³/mol. The lowest BCUT2D eigenvalue weighted by Gasteiger charge is -2.01. The van der Waals surface area contributed by atoms with Crippen LogP contribution in [0.25, 0.3) is 0 Å². The van der Waals surface area contributed by atoms with E-state index in [1.165, 1.54) is 0 Å². The molecule has 3 N–H and O–H groups in total. The zero-order chi connectivity index (χ0) is 11.4. The second-order valence-electron chi connectivity index (χ2n) is 3.33. The van der Waals surface area contributed by atoms with Crippen LogP contribution < -0.4 is 11.3 Å². The Balaban J connectivity index is 1.94. The lowest BCUT2D eigenvalue weighted by molar-refractivity contribution is 0.766. The van der Waals surface area contributed by atoms with Gasteiger partial charge in [-0.1, -0.05) is 6.07 Å². The lowest BCUT2D eigenvalue weighted by Crippen LogP contribution is -2.08. The second kappa shape index (κ2) is 5.00. The molecular weight excluding hydrogens is 222 g/mol. The minimum atomic E-state index is 0.676. The summed E-state index contributed by atoms with van der Waals surface area (Å²) in [6.45, 7) is 0. The van der Waals surface area contributed by atoms with Crippen molar-refractivity contribution in [2.24, 2.45) is 12.9 Å². The van der Waals surface area contributed by atoms with Crippen LogP contribution in [0.4, 0.5) is 5.82 Å². The molecule has 2 aromatic rings. The Bertz CT molecular complexity index is 450. The van der Waals surface area contributed by atoms with Crippen molar-refractivity contribution in [1.29, 1.82) is 0 Å². The Morgan fingerprint density at radius 3 is 2.88 bits per heavy atom. The maximum absolute atomic E-state index is 5.24. The van der Waals surface area contributed by atoms with Crippen LogP contribution in [0.2, 0.25) is 0 Å². The second-order valence-corrected chi connectivity index (χ2v) is 4.38. The number of nitrogen functional groups attached to an aromatic ring is 1. The smallest absolute Gasteiger partial charge is 0.139 e. The van der Waals surface area contributed by atoms with Crippen molar-refractivity contribution in [2.45, 2.75) is 10.6 Å². The molecule has 0 aliphatic carbocycles. The largest absolute Gasteiger partial charge is 0.308 e. The third-order valence-corrected chi connectivity index (χ3v) is 3.08. The molecule has 0 atom stereocenters. The number of pyridine rings is 1. The molecule has 0 saturated carbocycles. The third kappa shape index (κ3) is 2.74. The van der Waals surface area contributed by atoms with Crippen molar-refractivity contribution in [3.8, 4) is 0 Å². The molecule has 2 aromatic heterocycles. The molecule has 0 bridgehead atoms. The minimum absolute atomic E-state index is 0.676. The fourth-order valence-corrected chi connectivity index (χ4v) is 2.09. The highest BCUT2D eigenvalue weighted by atomic mass is 32.2. The van der Waals surface area contributed by atoms with Crippen LogP contribution in [0.15, 0.2) is 35.6 Å². The number of hydrazine groups is 1. The van der Waals surface area contributed by atoms with Crippen molar-refractivity contribution in [3.63, 3.8) is 0 Å². The van der Waals surface area contributed by atoms with Crippen molar-refractivity contribution in [2.75, 3.05) is 5.43 Å². The molecule has 2 rings (SSSR count). The summed E-state index contributed by atoms with van der Waals surface area (Å²) < 4.78 is 1.79. The number of thioether (sulfide) groups is 1. The minimum Gasteiger partial charge on any atom is -0.308 e. The van der Waals surface area contributed by atoms with Crippen LogP contribution in [-0.4, -0.2) is 14.8 Å². The van der Waals surface area contributed by atoms with Gasteiger partial charge < -0.3 is 5.43 Å². The maximum atomic E-state index is 5.24. The van der Waals surface area contributed by atoms with Gasteiger partial charge in [0.05, 0.1) is 6.20 Å². The standard InChI is InChI=1S/C10H13N5S/c1-15-6-9(5-13-15)16-7-8-2-3-10(14-11)12-4-8/h2-6H,7,11H2,1H3,(H,12,14). The molecule has 0 aliphatic rings. The Hall–Kier alpha value is -1.53. The molecule has 0 spiro atoms. The first-order valence-corrected chi connectivity index (χ1v) is 5.79. The highest BCUT2D eigenvalue weighted by Gasteiger charge is 1.99. The predicted octanol–water partition coefficient (Wildman–Crippen LogP) is 1.39. The number of hydrogen-bond donors (Lipinski definition) is 2. The molecule has 16 heavy (non-hydrogen) atoms. The van der Waals surface area contributed by atoms with E-state index in [1.807, 2.05) is 37.8 Å². The molecule has 0 unspecified atom stereocenters. The van der Waals surface area contributed by atoms with Gasteiger partial charge in [-0.25, -0.2) is 10.8 Å². The molecule has 84 valence electrons. The molecule has 0 aliphatic heterocycles. The van der Waals surface area contributed by atoms with Crippen molar-refractivity contribution >= 4 is 17.6 Å². The molecule has 5 nitrogen and oxygen atoms in total. The number of nitrogens with two attached hydrogens (primary N) is 1. The van der Waals surface area contributed by atoms with Gasteiger partial charge in [0.2, 0.25) is 0 Å². The van der Waals surface area contributed by atoms with E-state index in [0.29, 0.717) is 5.82 Å². The summed E-state index contributed by atoms with van der Waals surface area (Å²) in [6, 6.07) is 3.87. The third-order valence-electron chi connectivity index (χ3n) is 2.06. The van der Waals surface area contributed by atoms with Crippen LogP contribution in [0.3, 0.4) is 0 Å². The average molecular weight is 235 g/mol. The van der Waals surface area contributed by atoms with Crippen LogP contribution >= 0.6 is 11.8 Å². The van der Waals surface area contributed by atoms with Gasteiger partial charge in [0.15, 0.2) is 0 Å². The zero-order valence-electron chi connectivity index (χ0n) is 8.92. The molecule has 6 heteroatoms. The molecule has 0 amide bonds. The van der Waals surface area contributed by atoms with Crippen molar-refractivity contribution in [1.82, 2.24) is 14.8 Å². The number of nitrogens with zero attached hydrogens (tertiary/aromatic N) is 3. The quantitative estimate of drug-likeness (QED) is 0.476. The number of anilines is 1. The maximum Gasteiger partial charge on any atom is 0.139 e. The molecule has 0 aromatic carbocycles. The molecule has 2 heterocycles. The van der Waals surface area contributed by atoms with E-state index in [2.05, 4.69) is 15.5 Å². The van der Waals surface area contributed by atoms with Gasteiger partial charge in [0.1, 0.15) is 5.82 Å². The van der Waals surface area contributed by atoms with Gasteiger partial charge >= 0.3 is 0 Å². The van der Waals surface area contributed by atoms with Crippen LogP contribution in [0.1, 0.15) is 5.56 Å². The number of aromatic nitrogens is 3. The number of aryl methyl sites for hydroxylation is 1. The average Bonchev–Trinajstić information content (AvgIpc) is 2.73. The van der Waals surface area contributed by atoms with E-state index < -0.39 is 0 Å². The molecule has 0 radical (unpaired) electrons. The highest BCUT2D eigenvalue weighted by Crippen LogP contribution is 2.21. The zero-order valence-corrected chi connectivity index (χ0v) is 9.74. The van der Waals surface area contributed by atoms with Crippen LogP contribution in [0, 0.1) is 0 Å². The van der Waals surface area contributed by atoms with Crippen LogP contribution in [-0.2, 0) is 12.8 Å².